The SMILES string of the molecule is C=CCn1c(COc2cccc(C)c2)nnc1S[C@H](C)C(=O)c1ccc(Br)cc1. The van der Waals surface area contributed by atoms with Gasteiger partial charge in [0.25, 0.3) is 0 Å². The zero-order valence-electron chi connectivity index (χ0n) is 16.3. The maximum atomic E-state index is 12.7. The van der Waals surface area contributed by atoms with Crippen molar-refractivity contribution in [2.45, 2.75) is 37.4 Å². The number of aryl methyl sites for hydroxylation is 1. The van der Waals surface area contributed by atoms with E-state index in [2.05, 4.69) is 32.7 Å². The van der Waals surface area contributed by atoms with Gasteiger partial charge in [0.05, 0.1) is 5.25 Å². The molecular weight excluding hydrogens is 450 g/mol. The molecule has 3 rings (SSSR count). The van der Waals surface area contributed by atoms with Crippen LogP contribution < -0.4 is 4.74 Å². The number of nitrogens with zero attached hydrogens (tertiary/aromatic N) is 3. The lowest BCUT2D eigenvalue weighted by Gasteiger charge is -2.12. The second kappa shape index (κ2) is 9.89. The Labute approximate surface area is 183 Å². The third-order valence-corrected chi connectivity index (χ3v) is 5.85. The molecule has 0 N–H and O–H groups in total. The Morgan fingerprint density at radius 2 is 2.03 bits per heavy atom. The van der Waals surface area contributed by atoms with Crippen LogP contribution in [0, 0.1) is 6.92 Å². The van der Waals surface area contributed by atoms with Crippen LogP contribution in [0.5, 0.6) is 5.75 Å². The molecule has 0 bridgehead atoms. The number of halogens is 1. The number of Topliss-reactive ketones (excluding diaryl/α,β-unsaturated/α-hetero) is 1. The van der Waals surface area contributed by atoms with Gasteiger partial charge in [-0.15, -0.1) is 16.8 Å². The number of ether oxygens (including phenoxy) is 1. The molecular formula is C22H22BrN3O2S. The van der Waals surface area contributed by atoms with Gasteiger partial charge < -0.3 is 4.74 Å². The first-order chi connectivity index (χ1) is 14.0. The molecule has 0 saturated heterocycles. The van der Waals surface area contributed by atoms with E-state index in [1.807, 2.05) is 66.9 Å². The highest BCUT2D eigenvalue weighted by molar-refractivity contribution is 9.10. The highest BCUT2D eigenvalue weighted by Crippen LogP contribution is 2.26. The van der Waals surface area contributed by atoms with Crippen LogP contribution in [0.1, 0.15) is 28.7 Å². The predicted molar refractivity (Wildman–Crippen MR) is 120 cm³/mol. The first-order valence-corrected chi connectivity index (χ1v) is 10.8. The lowest BCUT2D eigenvalue weighted by Crippen LogP contribution is -2.15. The molecule has 0 aliphatic heterocycles. The smallest absolute Gasteiger partial charge is 0.192 e. The van der Waals surface area contributed by atoms with E-state index >= 15 is 0 Å². The topological polar surface area (TPSA) is 57.0 Å². The predicted octanol–water partition coefficient (Wildman–Crippen LogP) is 5.48. The number of allylic oxidation sites excluding steroid dienone is 1. The molecule has 5 nitrogen and oxygen atoms in total. The zero-order chi connectivity index (χ0) is 20.8. The quantitative estimate of drug-likeness (QED) is 0.235. The van der Waals surface area contributed by atoms with Gasteiger partial charge in [-0.1, -0.05) is 58.0 Å². The monoisotopic (exact) mass is 471 g/mol. The molecule has 0 unspecified atom stereocenters. The van der Waals surface area contributed by atoms with E-state index in [9.17, 15) is 4.79 Å². The van der Waals surface area contributed by atoms with Crippen molar-refractivity contribution in [1.82, 2.24) is 14.8 Å². The zero-order valence-corrected chi connectivity index (χ0v) is 18.7. The summed E-state index contributed by atoms with van der Waals surface area (Å²) in [4.78, 5) is 12.7. The van der Waals surface area contributed by atoms with Crippen LogP contribution in [0.25, 0.3) is 0 Å². The minimum Gasteiger partial charge on any atom is -0.486 e. The number of carbonyl (C=O) groups excluding carboxylic acids is 1. The summed E-state index contributed by atoms with van der Waals surface area (Å²) >= 11 is 4.78. The van der Waals surface area contributed by atoms with Crippen LogP contribution in [-0.2, 0) is 13.2 Å². The first-order valence-electron chi connectivity index (χ1n) is 9.17. The van der Waals surface area contributed by atoms with E-state index in [-0.39, 0.29) is 11.0 Å². The van der Waals surface area contributed by atoms with Gasteiger partial charge in [-0.2, -0.15) is 0 Å². The maximum absolute atomic E-state index is 12.7. The molecule has 0 spiro atoms. The standard InChI is InChI=1S/C22H22BrN3O2S/c1-4-12-26-20(14-28-19-7-5-6-15(2)13-19)24-25-22(26)29-16(3)21(27)17-8-10-18(23)11-9-17/h4-11,13,16H,1,12,14H2,2-3H3/t16-/m1/s1. The van der Waals surface area contributed by atoms with Gasteiger partial charge in [-0.25, -0.2) is 0 Å². The van der Waals surface area contributed by atoms with Gasteiger partial charge in [-0.3, -0.25) is 9.36 Å². The summed E-state index contributed by atoms with van der Waals surface area (Å²) in [5, 5.41) is 8.93. The highest BCUT2D eigenvalue weighted by atomic mass is 79.9. The average Bonchev–Trinajstić information content (AvgIpc) is 3.08. The Balaban J connectivity index is 1.72. The summed E-state index contributed by atoms with van der Waals surface area (Å²) in [5.41, 5.74) is 1.80. The lowest BCUT2D eigenvalue weighted by atomic mass is 10.1. The largest absolute Gasteiger partial charge is 0.486 e. The minimum absolute atomic E-state index is 0.0493. The highest BCUT2D eigenvalue weighted by Gasteiger charge is 2.21. The van der Waals surface area contributed by atoms with Crippen molar-refractivity contribution in [2.75, 3.05) is 0 Å². The van der Waals surface area contributed by atoms with E-state index in [4.69, 9.17) is 4.74 Å². The third kappa shape index (κ3) is 5.58. The van der Waals surface area contributed by atoms with Crippen molar-refractivity contribution in [3.8, 4) is 5.75 Å². The Morgan fingerprint density at radius 1 is 1.28 bits per heavy atom. The van der Waals surface area contributed by atoms with Crippen LogP contribution in [0.3, 0.4) is 0 Å². The van der Waals surface area contributed by atoms with E-state index in [0.717, 1.165) is 15.8 Å². The molecule has 0 radical (unpaired) electrons. The maximum Gasteiger partial charge on any atom is 0.192 e. The molecule has 3 aromatic rings. The average molecular weight is 472 g/mol. The molecule has 0 aliphatic carbocycles. The van der Waals surface area contributed by atoms with Crippen molar-refractivity contribution in [3.63, 3.8) is 0 Å². The minimum atomic E-state index is -0.297. The summed E-state index contributed by atoms with van der Waals surface area (Å²) in [6.07, 6.45) is 1.78. The first kappa shape index (κ1) is 21.3. The number of hydrogen-bond donors (Lipinski definition) is 0. The second-order valence-electron chi connectivity index (χ2n) is 6.53. The molecule has 0 aliphatic rings. The fourth-order valence-corrected chi connectivity index (χ4v) is 3.96. The lowest BCUT2D eigenvalue weighted by molar-refractivity contribution is 0.0994. The summed E-state index contributed by atoms with van der Waals surface area (Å²) in [6.45, 7) is 8.55. The molecule has 1 heterocycles. The number of aromatic nitrogens is 3. The van der Waals surface area contributed by atoms with Crippen LogP contribution in [0.4, 0.5) is 0 Å². The normalized spacial score (nSPS) is 11.8. The Bertz CT molecular complexity index is 1000. The van der Waals surface area contributed by atoms with Gasteiger partial charge in [0, 0.05) is 16.6 Å². The number of ketones is 1. The number of rotatable bonds is 9. The number of carbonyl (C=O) groups is 1. The second-order valence-corrected chi connectivity index (χ2v) is 8.76. The van der Waals surface area contributed by atoms with Crippen molar-refractivity contribution < 1.29 is 9.53 Å². The molecule has 0 fully saturated rings. The van der Waals surface area contributed by atoms with Gasteiger partial charge in [0.15, 0.2) is 16.8 Å². The van der Waals surface area contributed by atoms with Gasteiger partial charge in [0.1, 0.15) is 12.4 Å². The Hall–Kier alpha value is -2.38. The van der Waals surface area contributed by atoms with E-state index < -0.39 is 0 Å². The molecule has 1 aromatic heterocycles. The summed E-state index contributed by atoms with van der Waals surface area (Å²) in [6, 6.07) is 15.2. The van der Waals surface area contributed by atoms with Crippen molar-refractivity contribution in [3.05, 3.63) is 82.6 Å². The van der Waals surface area contributed by atoms with Crippen LogP contribution in [-0.4, -0.2) is 25.8 Å². The molecule has 0 amide bonds. The molecule has 0 saturated carbocycles. The van der Waals surface area contributed by atoms with Crippen LogP contribution in [0.2, 0.25) is 0 Å². The molecule has 1 atom stereocenters. The Kier molecular flexibility index (Phi) is 7.28. The molecule has 7 heteroatoms. The van der Waals surface area contributed by atoms with Gasteiger partial charge >= 0.3 is 0 Å². The van der Waals surface area contributed by atoms with Crippen LogP contribution >= 0.6 is 27.7 Å². The van der Waals surface area contributed by atoms with Crippen molar-refractivity contribution >= 4 is 33.5 Å². The van der Waals surface area contributed by atoms with E-state index in [1.54, 1.807) is 6.08 Å². The Morgan fingerprint density at radius 3 is 2.72 bits per heavy atom. The van der Waals surface area contributed by atoms with E-state index in [0.29, 0.717) is 29.7 Å². The number of hydrogen-bond acceptors (Lipinski definition) is 5. The molecule has 150 valence electrons. The third-order valence-electron chi connectivity index (χ3n) is 4.24. The van der Waals surface area contributed by atoms with Crippen LogP contribution in [0.15, 0.2) is 70.8 Å². The fraction of sp³-hybridized carbons (Fsp3) is 0.227. The summed E-state index contributed by atoms with van der Waals surface area (Å²) in [7, 11) is 0. The molecule has 2 aromatic carbocycles. The van der Waals surface area contributed by atoms with Gasteiger partial charge in [0.2, 0.25) is 0 Å². The number of benzene rings is 2. The number of thioether (sulfide) groups is 1. The summed E-state index contributed by atoms with van der Waals surface area (Å²) < 4.78 is 8.74. The fourth-order valence-electron chi connectivity index (χ4n) is 2.74. The summed E-state index contributed by atoms with van der Waals surface area (Å²) in [5.74, 6) is 1.52. The molecule has 29 heavy (non-hydrogen) atoms. The van der Waals surface area contributed by atoms with Gasteiger partial charge in [-0.05, 0) is 43.7 Å². The van der Waals surface area contributed by atoms with E-state index in [1.165, 1.54) is 11.8 Å². The van der Waals surface area contributed by atoms with Crippen molar-refractivity contribution in [1.29, 1.82) is 0 Å². The van der Waals surface area contributed by atoms with Crippen molar-refractivity contribution in [2.24, 2.45) is 0 Å².